The molecule has 1 heterocycles. The first-order valence-corrected chi connectivity index (χ1v) is 7.59. The lowest BCUT2D eigenvalue weighted by Crippen LogP contribution is -2.45. The third kappa shape index (κ3) is 7.24. The van der Waals surface area contributed by atoms with Gasteiger partial charge in [0.25, 0.3) is 0 Å². The van der Waals surface area contributed by atoms with Crippen molar-refractivity contribution in [2.45, 2.75) is 25.1 Å². The summed E-state index contributed by atoms with van der Waals surface area (Å²) < 4.78 is 37.7. The summed E-state index contributed by atoms with van der Waals surface area (Å²) in [6.45, 7) is 3.01. The van der Waals surface area contributed by atoms with E-state index in [1.54, 1.807) is 18.2 Å². The fourth-order valence-electron chi connectivity index (χ4n) is 2.57. The van der Waals surface area contributed by atoms with Crippen LogP contribution < -0.4 is 5.32 Å². The van der Waals surface area contributed by atoms with Crippen LogP contribution in [0.3, 0.4) is 0 Å². The molecule has 0 saturated carbocycles. The summed E-state index contributed by atoms with van der Waals surface area (Å²) in [6.07, 6.45) is -4.92. The zero-order valence-corrected chi connectivity index (χ0v) is 15.4. The van der Waals surface area contributed by atoms with Gasteiger partial charge in [-0.1, -0.05) is 29.3 Å². The van der Waals surface area contributed by atoms with Gasteiger partial charge in [0, 0.05) is 38.6 Å². The fraction of sp³-hybridized carbons (Fsp3) is 0.571. The highest BCUT2D eigenvalue weighted by Crippen LogP contribution is 2.34. The highest BCUT2D eigenvalue weighted by molar-refractivity contribution is 6.42. The van der Waals surface area contributed by atoms with Crippen LogP contribution in [0.2, 0.25) is 10.0 Å². The van der Waals surface area contributed by atoms with E-state index in [0.29, 0.717) is 10.0 Å². The lowest BCUT2D eigenvalue weighted by atomic mass is 9.99. The van der Waals surface area contributed by atoms with E-state index in [0.717, 1.165) is 31.7 Å². The molecule has 9 heteroatoms. The molecule has 1 saturated heterocycles. The highest BCUT2D eigenvalue weighted by Gasteiger charge is 2.31. The molecule has 0 spiro atoms. The molecule has 1 aliphatic heterocycles. The average molecular weight is 414 g/mol. The van der Waals surface area contributed by atoms with E-state index in [9.17, 15) is 13.2 Å². The Morgan fingerprint density at radius 1 is 1.09 bits per heavy atom. The predicted molar refractivity (Wildman–Crippen MR) is 93.4 cm³/mol. The van der Waals surface area contributed by atoms with Gasteiger partial charge in [0.15, 0.2) is 0 Å². The van der Waals surface area contributed by atoms with Crippen molar-refractivity contribution in [3.05, 3.63) is 33.8 Å². The number of nitrogens with zero attached hydrogens (tertiary/aromatic N) is 1. The molecule has 0 radical (unpaired) electrons. The number of nitrogens with one attached hydrogen (secondary N) is 1. The van der Waals surface area contributed by atoms with E-state index in [-0.39, 0.29) is 37.3 Å². The SMILES string of the molecule is Cl.Cl.FC(F)(F)CC[C@@H](c1ccc(Cl)c(Cl)c1)N1CCNCC1. The maximum Gasteiger partial charge on any atom is 0.389 e. The van der Waals surface area contributed by atoms with Crippen molar-refractivity contribution in [1.82, 2.24) is 10.2 Å². The second kappa shape index (κ2) is 10.2. The quantitative estimate of drug-likeness (QED) is 0.736. The third-order valence-corrected chi connectivity index (χ3v) is 4.36. The van der Waals surface area contributed by atoms with Crippen LogP contribution in [0.15, 0.2) is 18.2 Å². The first-order chi connectivity index (χ1) is 9.87. The predicted octanol–water partition coefficient (Wildman–Crippen LogP) is 5.13. The number of halogens is 7. The molecular formula is C14H19Cl4F3N2. The molecule has 0 aromatic heterocycles. The number of hydrogen-bond acceptors (Lipinski definition) is 2. The van der Waals surface area contributed by atoms with Gasteiger partial charge in [-0.2, -0.15) is 13.2 Å². The second-order valence-corrected chi connectivity index (χ2v) is 5.94. The van der Waals surface area contributed by atoms with E-state index in [1.165, 1.54) is 0 Å². The summed E-state index contributed by atoms with van der Waals surface area (Å²) >= 11 is 11.9. The van der Waals surface area contributed by atoms with Gasteiger partial charge in [0.2, 0.25) is 0 Å². The Hall–Kier alpha value is 0.0900. The molecule has 1 N–H and O–H groups in total. The van der Waals surface area contributed by atoms with Crippen LogP contribution >= 0.6 is 48.0 Å². The van der Waals surface area contributed by atoms with Crippen LogP contribution in [-0.2, 0) is 0 Å². The molecule has 1 aromatic carbocycles. The standard InChI is InChI=1S/C14H17Cl2F3N2.2ClH/c15-11-2-1-10(9-12(11)16)13(3-4-14(17,18)19)21-7-5-20-6-8-21;;/h1-2,9,13,20H,3-8H2;2*1H/t13-;;/m0../s1. The minimum atomic E-state index is -4.15. The van der Waals surface area contributed by atoms with Gasteiger partial charge in [-0.15, -0.1) is 24.8 Å². The van der Waals surface area contributed by atoms with Crippen molar-refractivity contribution in [2.75, 3.05) is 26.2 Å². The topological polar surface area (TPSA) is 15.3 Å². The lowest BCUT2D eigenvalue weighted by Gasteiger charge is -2.35. The van der Waals surface area contributed by atoms with Crippen molar-refractivity contribution < 1.29 is 13.2 Å². The average Bonchev–Trinajstić information content (AvgIpc) is 2.43. The van der Waals surface area contributed by atoms with Crippen LogP contribution in [0.1, 0.15) is 24.4 Å². The van der Waals surface area contributed by atoms with E-state index in [4.69, 9.17) is 23.2 Å². The number of rotatable bonds is 4. The Balaban J connectivity index is 0.00000242. The Morgan fingerprint density at radius 2 is 1.70 bits per heavy atom. The first kappa shape index (κ1) is 23.1. The van der Waals surface area contributed by atoms with Gasteiger partial charge in [-0.3, -0.25) is 4.90 Å². The molecule has 2 rings (SSSR count). The molecule has 1 atom stereocenters. The highest BCUT2D eigenvalue weighted by atomic mass is 35.5. The van der Waals surface area contributed by atoms with Crippen LogP contribution in [-0.4, -0.2) is 37.3 Å². The van der Waals surface area contributed by atoms with E-state index < -0.39 is 12.6 Å². The molecule has 2 nitrogen and oxygen atoms in total. The maximum absolute atomic E-state index is 12.6. The lowest BCUT2D eigenvalue weighted by molar-refractivity contribution is -0.138. The van der Waals surface area contributed by atoms with Crippen molar-refractivity contribution in [3.8, 4) is 0 Å². The molecule has 0 amide bonds. The third-order valence-electron chi connectivity index (χ3n) is 3.62. The smallest absolute Gasteiger partial charge is 0.314 e. The molecule has 1 aromatic rings. The van der Waals surface area contributed by atoms with Crippen LogP contribution in [0, 0.1) is 0 Å². The molecule has 1 fully saturated rings. The Morgan fingerprint density at radius 3 is 2.22 bits per heavy atom. The Labute approximate surface area is 156 Å². The van der Waals surface area contributed by atoms with Gasteiger partial charge < -0.3 is 5.32 Å². The van der Waals surface area contributed by atoms with Crippen molar-refractivity contribution in [1.29, 1.82) is 0 Å². The maximum atomic E-state index is 12.6. The molecule has 0 aliphatic carbocycles. The summed E-state index contributed by atoms with van der Waals surface area (Å²) in [7, 11) is 0. The van der Waals surface area contributed by atoms with E-state index in [1.807, 2.05) is 0 Å². The van der Waals surface area contributed by atoms with Gasteiger partial charge in [-0.05, 0) is 24.1 Å². The van der Waals surface area contributed by atoms with E-state index >= 15 is 0 Å². The summed E-state index contributed by atoms with van der Waals surface area (Å²) in [6, 6.07) is 4.79. The summed E-state index contributed by atoms with van der Waals surface area (Å²) in [5.74, 6) is 0. The number of piperazine rings is 1. The van der Waals surface area contributed by atoms with Gasteiger partial charge >= 0.3 is 6.18 Å². The second-order valence-electron chi connectivity index (χ2n) is 5.13. The molecule has 134 valence electrons. The van der Waals surface area contributed by atoms with Crippen LogP contribution in [0.4, 0.5) is 13.2 Å². The molecule has 0 unspecified atom stereocenters. The fourth-order valence-corrected chi connectivity index (χ4v) is 2.88. The zero-order chi connectivity index (χ0) is 15.5. The number of alkyl halides is 3. The summed E-state index contributed by atoms with van der Waals surface area (Å²) in [4.78, 5) is 2.07. The van der Waals surface area contributed by atoms with Crippen molar-refractivity contribution in [2.24, 2.45) is 0 Å². The Kier molecular flexibility index (Phi) is 10.2. The van der Waals surface area contributed by atoms with Gasteiger partial charge in [0.05, 0.1) is 10.0 Å². The normalized spacial score (nSPS) is 17.1. The van der Waals surface area contributed by atoms with Gasteiger partial charge in [-0.25, -0.2) is 0 Å². The number of benzene rings is 1. The van der Waals surface area contributed by atoms with E-state index in [2.05, 4.69) is 10.2 Å². The number of hydrogen-bond donors (Lipinski definition) is 1. The van der Waals surface area contributed by atoms with Crippen LogP contribution in [0.5, 0.6) is 0 Å². The zero-order valence-electron chi connectivity index (χ0n) is 12.2. The first-order valence-electron chi connectivity index (χ1n) is 6.83. The van der Waals surface area contributed by atoms with Gasteiger partial charge in [0.1, 0.15) is 0 Å². The summed E-state index contributed by atoms with van der Waals surface area (Å²) in [5.41, 5.74) is 0.788. The molecule has 0 bridgehead atoms. The van der Waals surface area contributed by atoms with Crippen molar-refractivity contribution >= 4 is 48.0 Å². The molecule has 23 heavy (non-hydrogen) atoms. The summed E-state index contributed by atoms with van der Waals surface area (Å²) in [5, 5.41) is 3.99. The largest absolute Gasteiger partial charge is 0.389 e. The minimum Gasteiger partial charge on any atom is -0.314 e. The minimum absolute atomic E-state index is 0. The van der Waals surface area contributed by atoms with Crippen molar-refractivity contribution in [3.63, 3.8) is 0 Å². The van der Waals surface area contributed by atoms with Crippen LogP contribution in [0.25, 0.3) is 0 Å². The Bertz CT molecular complexity index is 480. The molecular weight excluding hydrogens is 395 g/mol. The monoisotopic (exact) mass is 412 g/mol. The molecule has 1 aliphatic rings.